The standard InChI is InChI=1S/C11H16ClN3O3/c1-4-14(7-11(2,3)16)10-9(15(17)18)5-8(12)6-13-10/h5-6,16H,4,7H2,1-3H3. The molecule has 1 aromatic rings. The Bertz CT molecular complexity index is 446. The smallest absolute Gasteiger partial charge is 0.313 e. The van der Waals surface area contributed by atoms with Crippen molar-refractivity contribution in [2.45, 2.75) is 26.4 Å². The van der Waals surface area contributed by atoms with Crippen molar-refractivity contribution in [1.29, 1.82) is 0 Å². The van der Waals surface area contributed by atoms with E-state index < -0.39 is 10.5 Å². The van der Waals surface area contributed by atoms with E-state index in [4.69, 9.17) is 11.6 Å². The maximum Gasteiger partial charge on any atom is 0.313 e. The van der Waals surface area contributed by atoms with E-state index in [1.807, 2.05) is 6.92 Å². The molecule has 0 radical (unpaired) electrons. The van der Waals surface area contributed by atoms with E-state index in [2.05, 4.69) is 4.98 Å². The van der Waals surface area contributed by atoms with Gasteiger partial charge in [0.1, 0.15) is 0 Å². The SMILES string of the molecule is CCN(CC(C)(C)O)c1ncc(Cl)cc1[N+](=O)[O-]. The van der Waals surface area contributed by atoms with Crippen molar-refractivity contribution in [3.05, 3.63) is 27.4 Å². The average Bonchev–Trinajstić information content (AvgIpc) is 2.24. The number of aliphatic hydroxyl groups is 1. The largest absolute Gasteiger partial charge is 0.389 e. The number of hydrogen-bond donors (Lipinski definition) is 1. The first-order valence-electron chi connectivity index (χ1n) is 5.52. The molecule has 1 heterocycles. The van der Waals surface area contributed by atoms with Gasteiger partial charge in [0.15, 0.2) is 0 Å². The lowest BCUT2D eigenvalue weighted by Gasteiger charge is -2.28. The van der Waals surface area contributed by atoms with Gasteiger partial charge in [-0.15, -0.1) is 0 Å². The number of anilines is 1. The van der Waals surface area contributed by atoms with Gasteiger partial charge >= 0.3 is 5.69 Å². The van der Waals surface area contributed by atoms with Crippen LogP contribution in [0.15, 0.2) is 12.3 Å². The van der Waals surface area contributed by atoms with E-state index in [1.54, 1.807) is 18.7 Å². The molecular weight excluding hydrogens is 258 g/mol. The topological polar surface area (TPSA) is 79.5 Å². The Morgan fingerprint density at radius 3 is 2.67 bits per heavy atom. The van der Waals surface area contributed by atoms with Gasteiger partial charge < -0.3 is 10.0 Å². The summed E-state index contributed by atoms with van der Waals surface area (Å²) >= 11 is 5.71. The number of rotatable bonds is 5. The lowest BCUT2D eigenvalue weighted by molar-refractivity contribution is -0.384. The third kappa shape index (κ3) is 3.82. The van der Waals surface area contributed by atoms with Gasteiger partial charge in [-0.1, -0.05) is 11.6 Å². The molecule has 0 atom stereocenters. The van der Waals surface area contributed by atoms with E-state index in [1.165, 1.54) is 12.3 Å². The molecule has 18 heavy (non-hydrogen) atoms. The van der Waals surface area contributed by atoms with Gasteiger partial charge in [0.25, 0.3) is 0 Å². The highest BCUT2D eigenvalue weighted by molar-refractivity contribution is 6.30. The summed E-state index contributed by atoms with van der Waals surface area (Å²) in [5.74, 6) is 0.217. The fraction of sp³-hybridized carbons (Fsp3) is 0.545. The van der Waals surface area contributed by atoms with Gasteiger partial charge in [0, 0.05) is 25.4 Å². The summed E-state index contributed by atoms with van der Waals surface area (Å²) < 4.78 is 0. The third-order valence-electron chi connectivity index (χ3n) is 2.27. The predicted octanol–water partition coefficient (Wildman–Crippen LogP) is 2.24. The number of aromatic nitrogens is 1. The van der Waals surface area contributed by atoms with Crippen LogP contribution >= 0.6 is 11.6 Å². The highest BCUT2D eigenvalue weighted by Crippen LogP contribution is 2.29. The molecule has 0 bridgehead atoms. The zero-order valence-electron chi connectivity index (χ0n) is 10.6. The van der Waals surface area contributed by atoms with Gasteiger partial charge in [0.2, 0.25) is 5.82 Å². The number of hydrogen-bond acceptors (Lipinski definition) is 5. The molecule has 0 fully saturated rings. The molecule has 0 aliphatic heterocycles. The number of nitrogens with zero attached hydrogens (tertiary/aromatic N) is 3. The molecule has 0 aliphatic rings. The lowest BCUT2D eigenvalue weighted by Crippen LogP contribution is -2.39. The van der Waals surface area contributed by atoms with E-state index in [-0.39, 0.29) is 23.1 Å². The van der Waals surface area contributed by atoms with Crippen molar-refractivity contribution in [1.82, 2.24) is 4.98 Å². The van der Waals surface area contributed by atoms with Crippen LogP contribution in [-0.2, 0) is 0 Å². The molecule has 1 aromatic heterocycles. The van der Waals surface area contributed by atoms with Crippen molar-refractivity contribution < 1.29 is 10.0 Å². The second-order valence-electron chi connectivity index (χ2n) is 4.58. The Morgan fingerprint density at radius 2 is 2.22 bits per heavy atom. The normalized spacial score (nSPS) is 11.4. The van der Waals surface area contributed by atoms with Gasteiger partial charge in [0.05, 0.1) is 15.5 Å². The fourth-order valence-corrected chi connectivity index (χ4v) is 1.76. The maximum absolute atomic E-state index is 11.0. The molecule has 0 saturated heterocycles. The average molecular weight is 274 g/mol. The van der Waals surface area contributed by atoms with Gasteiger partial charge in [-0.25, -0.2) is 4.98 Å². The number of nitro groups is 1. The van der Waals surface area contributed by atoms with Crippen molar-refractivity contribution in [2.24, 2.45) is 0 Å². The zero-order valence-corrected chi connectivity index (χ0v) is 11.3. The maximum atomic E-state index is 11.0. The van der Waals surface area contributed by atoms with Crippen molar-refractivity contribution in [2.75, 3.05) is 18.0 Å². The molecule has 1 rings (SSSR count). The lowest BCUT2D eigenvalue weighted by atomic mass is 10.1. The molecule has 0 aliphatic carbocycles. The van der Waals surface area contributed by atoms with Crippen LogP contribution in [-0.4, -0.2) is 33.7 Å². The quantitative estimate of drug-likeness (QED) is 0.657. The molecule has 0 spiro atoms. The number of pyridine rings is 1. The Morgan fingerprint density at radius 1 is 1.61 bits per heavy atom. The molecule has 6 nitrogen and oxygen atoms in total. The van der Waals surface area contributed by atoms with Crippen LogP contribution in [0.1, 0.15) is 20.8 Å². The van der Waals surface area contributed by atoms with Gasteiger partial charge in [-0.05, 0) is 20.8 Å². The minimum Gasteiger partial charge on any atom is -0.389 e. The summed E-state index contributed by atoms with van der Waals surface area (Å²) in [6, 6.07) is 1.26. The summed E-state index contributed by atoms with van der Waals surface area (Å²) in [5.41, 5.74) is -1.13. The highest BCUT2D eigenvalue weighted by atomic mass is 35.5. The zero-order chi connectivity index (χ0) is 13.9. The van der Waals surface area contributed by atoms with Crippen LogP contribution in [0.3, 0.4) is 0 Å². The summed E-state index contributed by atoms with van der Waals surface area (Å²) in [6.45, 7) is 5.86. The molecule has 0 aromatic carbocycles. The Kier molecular flexibility index (Phi) is 4.48. The second-order valence-corrected chi connectivity index (χ2v) is 5.02. The molecule has 100 valence electrons. The van der Waals surface area contributed by atoms with Crippen LogP contribution in [0.2, 0.25) is 5.02 Å². The van der Waals surface area contributed by atoms with Crippen LogP contribution in [0, 0.1) is 10.1 Å². The highest BCUT2D eigenvalue weighted by Gasteiger charge is 2.25. The number of likely N-dealkylation sites (N-methyl/N-ethyl adjacent to an activating group) is 1. The Hall–Kier alpha value is -1.40. The molecule has 0 saturated carbocycles. The molecule has 7 heteroatoms. The van der Waals surface area contributed by atoms with Crippen LogP contribution in [0.5, 0.6) is 0 Å². The first kappa shape index (κ1) is 14.7. The van der Waals surface area contributed by atoms with Crippen LogP contribution in [0.4, 0.5) is 11.5 Å². The minimum atomic E-state index is -0.967. The summed E-state index contributed by atoms with van der Waals surface area (Å²) in [4.78, 5) is 16.1. The van der Waals surface area contributed by atoms with E-state index in [0.29, 0.717) is 6.54 Å². The van der Waals surface area contributed by atoms with Crippen LogP contribution < -0.4 is 4.90 Å². The minimum absolute atomic E-state index is 0.159. The van der Waals surface area contributed by atoms with Crippen molar-refractivity contribution in [3.8, 4) is 0 Å². The number of halogens is 1. The van der Waals surface area contributed by atoms with Crippen LogP contribution in [0.25, 0.3) is 0 Å². The fourth-order valence-electron chi connectivity index (χ4n) is 1.60. The van der Waals surface area contributed by atoms with Gasteiger partial charge in [-0.2, -0.15) is 0 Å². The molecule has 1 N–H and O–H groups in total. The van der Waals surface area contributed by atoms with E-state index in [9.17, 15) is 15.2 Å². The van der Waals surface area contributed by atoms with Crippen molar-refractivity contribution >= 4 is 23.1 Å². The van der Waals surface area contributed by atoms with E-state index in [0.717, 1.165) is 0 Å². The van der Waals surface area contributed by atoms with Gasteiger partial charge in [-0.3, -0.25) is 10.1 Å². The Labute approximate surface area is 110 Å². The first-order chi connectivity index (χ1) is 8.24. The second kappa shape index (κ2) is 5.49. The van der Waals surface area contributed by atoms with Crippen molar-refractivity contribution in [3.63, 3.8) is 0 Å². The Balaban J connectivity index is 3.17. The van der Waals surface area contributed by atoms with E-state index >= 15 is 0 Å². The first-order valence-corrected chi connectivity index (χ1v) is 5.89. The molecule has 0 amide bonds. The predicted molar refractivity (Wildman–Crippen MR) is 70.1 cm³/mol. The third-order valence-corrected chi connectivity index (χ3v) is 2.48. The monoisotopic (exact) mass is 273 g/mol. The molecular formula is C11H16ClN3O3. The summed E-state index contributed by atoms with van der Waals surface area (Å²) in [6.07, 6.45) is 1.36. The summed E-state index contributed by atoms with van der Waals surface area (Å²) in [7, 11) is 0. The summed E-state index contributed by atoms with van der Waals surface area (Å²) in [5, 5.41) is 21.0. The molecule has 0 unspecified atom stereocenters.